The Morgan fingerprint density at radius 3 is 2.10 bits per heavy atom. The lowest BCUT2D eigenvalue weighted by atomic mass is 10.2. The minimum Gasteiger partial charge on any atom is -0.304 e. The molecule has 1 aliphatic heterocycles. The van der Waals surface area contributed by atoms with Gasteiger partial charge in [0, 0.05) is 26.2 Å². The molecular formula is C13H17N5OS2. The molecule has 0 aromatic carbocycles. The Labute approximate surface area is 131 Å². The van der Waals surface area contributed by atoms with Gasteiger partial charge in [-0.25, -0.2) is 0 Å². The predicted octanol–water partition coefficient (Wildman–Crippen LogP) is 1.79. The Hall–Kier alpha value is -1.54. The number of hydrogen-bond donors (Lipinski definition) is 1. The van der Waals surface area contributed by atoms with Gasteiger partial charge in [-0.1, -0.05) is 0 Å². The van der Waals surface area contributed by atoms with Crippen LogP contribution in [-0.2, 0) is 26.2 Å². The molecule has 3 heterocycles. The fourth-order valence-corrected chi connectivity index (χ4v) is 3.79. The predicted molar refractivity (Wildman–Crippen MR) is 85.7 cm³/mol. The first-order chi connectivity index (χ1) is 10.0. The second kappa shape index (κ2) is 5.03. The standard InChI is InChI=1S/C13H17N5OS2/c1-3-15-9(14)8-10-17(12(15)20)6-5-7-18(10)13(21)16(4-2)11(8)19/h14H,3-7H2,1-2H3. The average Bonchev–Trinajstić information content (AvgIpc) is 2.47. The smallest absolute Gasteiger partial charge is 0.267 e. The maximum absolute atomic E-state index is 12.7. The number of nitrogens with zero attached hydrogens (tertiary/aromatic N) is 4. The lowest BCUT2D eigenvalue weighted by Crippen LogP contribution is -2.37. The van der Waals surface area contributed by atoms with Gasteiger partial charge in [-0.05, 0) is 44.7 Å². The van der Waals surface area contributed by atoms with Crippen molar-refractivity contribution >= 4 is 35.5 Å². The van der Waals surface area contributed by atoms with Gasteiger partial charge in [-0.2, -0.15) is 0 Å². The molecule has 0 unspecified atom stereocenters. The first kappa shape index (κ1) is 14.4. The van der Waals surface area contributed by atoms with E-state index in [2.05, 4.69) is 0 Å². The number of aromatic nitrogens is 4. The Bertz CT molecular complexity index is 901. The zero-order chi connectivity index (χ0) is 15.3. The van der Waals surface area contributed by atoms with Crippen LogP contribution in [0, 0.1) is 15.0 Å². The zero-order valence-corrected chi connectivity index (χ0v) is 13.7. The largest absolute Gasteiger partial charge is 0.304 e. The normalized spacial score (nSPS) is 13.8. The van der Waals surface area contributed by atoms with Crippen molar-refractivity contribution in [1.29, 1.82) is 5.41 Å². The quantitative estimate of drug-likeness (QED) is 0.857. The molecule has 21 heavy (non-hydrogen) atoms. The van der Waals surface area contributed by atoms with Gasteiger partial charge < -0.3 is 13.7 Å². The number of hydrogen-bond acceptors (Lipinski definition) is 4. The van der Waals surface area contributed by atoms with Crippen LogP contribution < -0.4 is 11.0 Å². The number of aryl methyl sites for hydroxylation is 2. The molecule has 0 bridgehead atoms. The molecule has 2 aromatic rings. The summed E-state index contributed by atoms with van der Waals surface area (Å²) in [6.07, 6.45) is 0.924. The first-order valence-electron chi connectivity index (χ1n) is 7.08. The van der Waals surface area contributed by atoms with Crippen molar-refractivity contribution in [3.8, 4) is 0 Å². The van der Waals surface area contributed by atoms with Gasteiger partial charge >= 0.3 is 0 Å². The van der Waals surface area contributed by atoms with Crippen molar-refractivity contribution in [2.24, 2.45) is 0 Å². The van der Waals surface area contributed by atoms with Gasteiger partial charge in [0.05, 0.1) is 0 Å². The lowest BCUT2D eigenvalue weighted by molar-refractivity contribution is 0.472. The van der Waals surface area contributed by atoms with Crippen LogP contribution in [0.1, 0.15) is 20.3 Å². The highest BCUT2D eigenvalue weighted by Crippen LogP contribution is 2.16. The van der Waals surface area contributed by atoms with E-state index in [9.17, 15) is 4.79 Å². The maximum Gasteiger partial charge on any atom is 0.267 e. The molecule has 6 nitrogen and oxygen atoms in total. The maximum atomic E-state index is 12.7. The summed E-state index contributed by atoms with van der Waals surface area (Å²) in [6.45, 7) is 6.44. The molecule has 1 aliphatic rings. The summed E-state index contributed by atoms with van der Waals surface area (Å²) in [7, 11) is 0. The summed E-state index contributed by atoms with van der Waals surface area (Å²) in [5.74, 6) is 0. The minimum absolute atomic E-state index is 0.187. The number of rotatable bonds is 2. The molecule has 0 aliphatic carbocycles. The average molecular weight is 323 g/mol. The Morgan fingerprint density at radius 2 is 1.57 bits per heavy atom. The summed E-state index contributed by atoms with van der Waals surface area (Å²) < 4.78 is 8.28. The summed E-state index contributed by atoms with van der Waals surface area (Å²) in [6, 6.07) is 0. The van der Waals surface area contributed by atoms with Crippen LogP contribution in [0.15, 0.2) is 4.79 Å². The van der Waals surface area contributed by atoms with E-state index >= 15 is 0 Å². The molecule has 112 valence electrons. The van der Waals surface area contributed by atoms with Crippen molar-refractivity contribution in [3.05, 3.63) is 25.4 Å². The highest BCUT2D eigenvalue weighted by atomic mass is 32.1. The topological polar surface area (TPSA) is 60.6 Å². The van der Waals surface area contributed by atoms with Crippen molar-refractivity contribution in [1.82, 2.24) is 18.3 Å². The van der Waals surface area contributed by atoms with Crippen LogP contribution in [0.4, 0.5) is 0 Å². The van der Waals surface area contributed by atoms with Gasteiger partial charge in [0.2, 0.25) is 0 Å². The summed E-state index contributed by atoms with van der Waals surface area (Å²) in [4.78, 5) is 12.7. The molecule has 2 aromatic heterocycles. The van der Waals surface area contributed by atoms with Gasteiger partial charge in [0.25, 0.3) is 5.56 Å². The SMILES string of the molecule is CCn1c(=N)c2c(=O)n(CC)c(=S)n3c2n(c1=S)CCC3. The van der Waals surface area contributed by atoms with E-state index in [-0.39, 0.29) is 11.0 Å². The molecule has 0 atom stereocenters. The molecular weight excluding hydrogens is 306 g/mol. The van der Waals surface area contributed by atoms with Crippen molar-refractivity contribution in [3.63, 3.8) is 0 Å². The molecule has 3 rings (SSSR count). The van der Waals surface area contributed by atoms with Crippen LogP contribution in [-0.4, -0.2) is 18.3 Å². The van der Waals surface area contributed by atoms with Crippen LogP contribution in [0.25, 0.3) is 11.0 Å². The Balaban J connectivity index is 2.75. The third-order valence-electron chi connectivity index (χ3n) is 4.02. The zero-order valence-electron chi connectivity index (χ0n) is 12.0. The third-order valence-corrected chi connectivity index (χ3v) is 4.90. The molecule has 1 N–H and O–H groups in total. The minimum atomic E-state index is -0.188. The van der Waals surface area contributed by atoms with E-state index in [0.29, 0.717) is 33.7 Å². The summed E-state index contributed by atoms with van der Waals surface area (Å²) >= 11 is 11.0. The molecule has 0 radical (unpaired) electrons. The Kier molecular flexibility index (Phi) is 3.45. The fourth-order valence-electron chi connectivity index (χ4n) is 3.01. The number of nitrogens with one attached hydrogen (secondary N) is 1. The van der Waals surface area contributed by atoms with Crippen molar-refractivity contribution in [2.75, 3.05) is 0 Å². The molecule has 0 saturated heterocycles. The fraction of sp³-hybridized carbons (Fsp3) is 0.538. The van der Waals surface area contributed by atoms with Gasteiger partial charge in [0.1, 0.15) is 16.5 Å². The van der Waals surface area contributed by atoms with Crippen LogP contribution in [0.3, 0.4) is 0 Å². The van der Waals surface area contributed by atoms with E-state index < -0.39 is 0 Å². The van der Waals surface area contributed by atoms with Crippen molar-refractivity contribution in [2.45, 2.75) is 46.4 Å². The summed E-state index contributed by atoms with van der Waals surface area (Å²) in [5, 5.41) is 8.80. The van der Waals surface area contributed by atoms with Gasteiger partial charge in [-0.3, -0.25) is 14.8 Å². The first-order valence-corrected chi connectivity index (χ1v) is 7.90. The molecule has 0 amide bonds. The molecule has 8 heteroatoms. The van der Waals surface area contributed by atoms with E-state index in [4.69, 9.17) is 29.8 Å². The summed E-state index contributed by atoms with van der Waals surface area (Å²) in [5.41, 5.74) is 0.707. The van der Waals surface area contributed by atoms with E-state index in [1.165, 1.54) is 0 Å². The van der Waals surface area contributed by atoms with Crippen molar-refractivity contribution < 1.29 is 0 Å². The third kappa shape index (κ3) is 1.82. The highest BCUT2D eigenvalue weighted by Gasteiger charge is 2.20. The molecule has 0 fully saturated rings. The van der Waals surface area contributed by atoms with E-state index in [0.717, 1.165) is 19.5 Å². The molecule has 0 saturated carbocycles. The molecule has 0 spiro atoms. The van der Waals surface area contributed by atoms with Gasteiger partial charge in [-0.15, -0.1) is 0 Å². The Morgan fingerprint density at radius 1 is 1.05 bits per heavy atom. The van der Waals surface area contributed by atoms with Crippen LogP contribution >= 0.6 is 24.4 Å². The monoisotopic (exact) mass is 323 g/mol. The van der Waals surface area contributed by atoms with Crippen LogP contribution in [0.5, 0.6) is 0 Å². The van der Waals surface area contributed by atoms with Crippen LogP contribution in [0.2, 0.25) is 0 Å². The van der Waals surface area contributed by atoms with E-state index in [1.54, 1.807) is 9.13 Å². The second-order valence-electron chi connectivity index (χ2n) is 5.06. The second-order valence-corrected chi connectivity index (χ2v) is 5.79. The highest BCUT2D eigenvalue weighted by molar-refractivity contribution is 7.71. The van der Waals surface area contributed by atoms with E-state index in [1.807, 2.05) is 23.0 Å². The van der Waals surface area contributed by atoms with Gasteiger partial charge in [0.15, 0.2) is 9.54 Å². The lowest BCUT2D eigenvalue weighted by Gasteiger charge is -2.25.